The third kappa shape index (κ3) is 4.28. The van der Waals surface area contributed by atoms with Gasteiger partial charge in [-0.25, -0.2) is 22.3 Å². The van der Waals surface area contributed by atoms with E-state index in [0.717, 1.165) is 25.7 Å². The molecular weight excluding hydrogens is 351 g/mol. The summed E-state index contributed by atoms with van der Waals surface area (Å²) < 4.78 is 51.7. The third-order valence-electron chi connectivity index (χ3n) is 4.32. The first kappa shape index (κ1) is 19.6. The summed E-state index contributed by atoms with van der Waals surface area (Å²) in [5, 5.41) is 3.29. The molecule has 1 heterocycles. The van der Waals surface area contributed by atoms with Gasteiger partial charge in [-0.15, -0.1) is 0 Å². The van der Waals surface area contributed by atoms with Crippen LogP contribution in [-0.4, -0.2) is 46.7 Å². The van der Waals surface area contributed by atoms with E-state index in [1.807, 2.05) is 13.8 Å². The number of sulfonamides is 1. The summed E-state index contributed by atoms with van der Waals surface area (Å²) in [5.41, 5.74) is -0.466. The molecule has 1 aromatic rings. The van der Waals surface area contributed by atoms with Gasteiger partial charge >= 0.3 is 5.97 Å². The molecule has 0 spiro atoms. The summed E-state index contributed by atoms with van der Waals surface area (Å²) in [6.07, 6.45) is 1.49. The highest BCUT2D eigenvalue weighted by molar-refractivity contribution is 7.89. The number of rotatable bonds is 5. The van der Waals surface area contributed by atoms with Crippen molar-refractivity contribution in [1.82, 2.24) is 10.0 Å². The van der Waals surface area contributed by atoms with E-state index in [1.165, 1.54) is 7.11 Å². The molecule has 0 bridgehead atoms. The second-order valence-electron chi connectivity index (χ2n) is 6.14. The number of methoxy groups -OCH3 is 2. The minimum atomic E-state index is -4.02. The SMILES string of the molecule is COC(=O)c1cc(S(=O)(=O)NC2CCC(C)NC2C)c(OC)cc1F. The van der Waals surface area contributed by atoms with Crippen LogP contribution >= 0.6 is 0 Å². The Morgan fingerprint density at radius 2 is 1.96 bits per heavy atom. The minimum Gasteiger partial charge on any atom is -0.495 e. The van der Waals surface area contributed by atoms with Gasteiger partial charge in [0.05, 0.1) is 19.8 Å². The van der Waals surface area contributed by atoms with Crippen molar-refractivity contribution in [3.8, 4) is 5.75 Å². The van der Waals surface area contributed by atoms with Crippen LogP contribution in [0.2, 0.25) is 0 Å². The van der Waals surface area contributed by atoms with Gasteiger partial charge in [-0.1, -0.05) is 0 Å². The number of carbonyl (C=O) groups is 1. The summed E-state index contributed by atoms with van der Waals surface area (Å²) >= 11 is 0. The molecule has 1 saturated heterocycles. The van der Waals surface area contributed by atoms with Crippen LogP contribution in [0.3, 0.4) is 0 Å². The molecule has 0 radical (unpaired) electrons. The maximum Gasteiger partial charge on any atom is 0.340 e. The van der Waals surface area contributed by atoms with Crippen LogP contribution in [0.1, 0.15) is 37.0 Å². The zero-order chi connectivity index (χ0) is 18.8. The van der Waals surface area contributed by atoms with E-state index in [-0.39, 0.29) is 22.7 Å². The molecule has 3 unspecified atom stereocenters. The summed E-state index contributed by atoms with van der Waals surface area (Å²) in [4.78, 5) is 11.4. The highest BCUT2D eigenvalue weighted by atomic mass is 32.2. The van der Waals surface area contributed by atoms with Gasteiger partial charge in [0.15, 0.2) is 0 Å². The van der Waals surface area contributed by atoms with Crippen molar-refractivity contribution in [2.24, 2.45) is 0 Å². The van der Waals surface area contributed by atoms with Crippen LogP contribution in [0.15, 0.2) is 17.0 Å². The molecule has 2 N–H and O–H groups in total. The van der Waals surface area contributed by atoms with E-state index >= 15 is 0 Å². The van der Waals surface area contributed by atoms with Crippen LogP contribution in [0.25, 0.3) is 0 Å². The Morgan fingerprint density at radius 1 is 1.28 bits per heavy atom. The van der Waals surface area contributed by atoms with Gasteiger partial charge in [-0.05, 0) is 32.8 Å². The second-order valence-corrected chi connectivity index (χ2v) is 7.82. The Kier molecular flexibility index (Phi) is 6.02. The Morgan fingerprint density at radius 3 is 2.52 bits per heavy atom. The van der Waals surface area contributed by atoms with Gasteiger partial charge < -0.3 is 14.8 Å². The molecule has 2 rings (SSSR count). The average Bonchev–Trinajstić information content (AvgIpc) is 2.56. The van der Waals surface area contributed by atoms with Gasteiger partial charge in [0.2, 0.25) is 10.0 Å². The molecule has 0 saturated carbocycles. The van der Waals surface area contributed by atoms with Gasteiger partial charge in [-0.3, -0.25) is 0 Å². The van der Waals surface area contributed by atoms with Gasteiger partial charge in [0.25, 0.3) is 0 Å². The van der Waals surface area contributed by atoms with Crippen molar-refractivity contribution < 1.29 is 27.1 Å². The zero-order valence-electron chi connectivity index (χ0n) is 14.6. The summed E-state index contributed by atoms with van der Waals surface area (Å²) in [6.45, 7) is 3.93. The predicted molar refractivity (Wildman–Crippen MR) is 89.7 cm³/mol. The molecule has 1 fully saturated rings. The molecule has 9 heteroatoms. The minimum absolute atomic E-state index is 0.0648. The standard InChI is InChI=1S/C16H23FN2O5S/c1-9-5-6-13(10(2)18-9)19-25(21,22)15-7-11(16(20)24-4)12(17)8-14(15)23-3/h7-10,13,18-19H,5-6H2,1-4H3. The molecule has 0 amide bonds. The number of piperidine rings is 1. The average molecular weight is 374 g/mol. The van der Waals surface area contributed by atoms with E-state index < -0.39 is 27.4 Å². The molecule has 7 nitrogen and oxygen atoms in total. The normalized spacial score (nSPS) is 24.0. The second kappa shape index (κ2) is 7.67. The molecule has 1 aromatic carbocycles. The van der Waals surface area contributed by atoms with E-state index in [9.17, 15) is 17.6 Å². The topological polar surface area (TPSA) is 93.7 Å². The van der Waals surface area contributed by atoms with Crippen molar-refractivity contribution in [3.63, 3.8) is 0 Å². The molecule has 0 aliphatic carbocycles. The number of esters is 1. The van der Waals surface area contributed by atoms with Crippen molar-refractivity contribution >= 4 is 16.0 Å². The molecule has 140 valence electrons. The fraction of sp³-hybridized carbons (Fsp3) is 0.562. The first-order chi connectivity index (χ1) is 11.7. The van der Waals surface area contributed by atoms with Crippen LogP contribution in [0, 0.1) is 5.82 Å². The Labute approximate surface area is 146 Å². The number of hydrogen-bond acceptors (Lipinski definition) is 6. The van der Waals surface area contributed by atoms with E-state index in [4.69, 9.17) is 4.74 Å². The number of hydrogen-bond donors (Lipinski definition) is 2. The van der Waals surface area contributed by atoms with Crippen molar-refractivity contribution in [1.29, 1.82) is 0 Å². The van der Waals surface area contributed by atoms with Crippen LogP contribution < -0.4 is 14.8 Å². The van der Waals surface area contributed by atoms with Gasteiger partial charge in [0.1, 0.15) is 16.5 Å². The predicted octanol–water partition coefficient (Wildman–Crippen LogP) is 1.43. The lowest BCUT2D eigenvalue weighted by atomic mass is 9.96. The van der Waals surface area contributed by atoms with E-state index in [2.05, 4.69) is 14.8 Å². The van der Waals surface area contributed by atoms with Gasteiger partial charge in [0, 0.05) is 24.2 Å². The number of halogens is 1. The van der Waals surface area contributed by atoms with Crippen molar-refractivity contribution in [2.45, 2.75) is 49.7 Å². The number of carbonyl (C=O) groups excluding carboxylic acids is 1. The third-order valence-corrected chi connectivity index (χ3v) is 5.83. The maximum absolute atomic E-state index is 14.0. The Hall–Kier alpha value is -1.71. The summed E-state index contributed by atoms with van der Waals surface area (Å²) in [5.74, 6) is -2.05. The highest BCUT2D eigenvalue weighted by Crippen LogP contribution is 2.28. The number of nitrogens with one attached hydrogen (secondary N) is 2. The number of ether oxygens (including phenoxy) is 2. The Bertz CT molecular complexity index is 753. The number of benzene rings is 1. The Balaban J connectivity index is 2.39. The van der Waals surface area contributed by atoms with Crippen molar-refractivity contribution in [3.05, 3.63) is 23.5 Å². The summed E-state index contributed by atoms with van der Waals surface area (Å²) in [7, 11) is -1.70. The van der Waals surface area contributed by atoms with E-state index in [0.29, 0.717) is 12.5 Å². The van der Waals surface area contributed by atoms with E-state index in [1.54, 1.807) is 0 Å². The van der Waals surface area contributed by atoms with Crippen molar-refractivity contribution in [2.75, 3.05) is 14.2 Å². The molecule has 1 aliphatic rings. The molecule has 3 atom stereocenters. The maximum atomic E-state index is 14.0. The molecule has 25 heavy (non-hydrogen) atoms. The van der Waals surface area contributed by atoms with Crippen LogP contribution in [0.4, 0.5) is 4.39 Å². The molecule has 1 aliphatic heterocycles. The first-order valence-corrected chi connectivity index (χ1v) is 9.42. The van der Waals surface area contributed by atoms with Crippen LogP contribution in [0.5, 0.6) is 5.75 Å². The summed E-state index contributed by atoms with van der Waals surface area (Å²) in [6, 6.07) is 1.72. The fourth-order valence-corrected chi connectivity index (χ4v) is 4.45. The lowest BCUT2D eigenvalue weighted by Gasteiger charge is -2.34. The quantitative estimate of drug-likeness (QED) is 0.758. The fourth-order valence-electron chi connectivity index (χ4n) is 2.92. The lowest BCUT2D eigenvalue weighted by molar-refractivity contribution is 0.0595. The highest BCUT2D eigenvalue weighted by Gasteiger charge is 2.31. The first-order valence-electron chi connectivity index (χ1n) is 7.93. The lowest BCUT2D eigenvalue weighted by Crippen LogP contribution is -2.54. The van der Waals surface area contributed by atoms with Gasteiger partial charge in [-0.2, -0.15) is 0 Å². The molecule has 0 aromatic heterocycles. The largest absolute Gasteiger partial charge is 0.495 e. The monoisotopic (exact) mass is 374 g/mol. The van der Waals surface area contributed by atoms with Crippen LogP contribution in [-0.2, 0) is 14.8 Å². The smallest absolute Gasteiger partial charge is 0.340 e. The molecular formula is C16H23FN2O5S. The zero-order valence-corrected chi connectivity index (χ0v) is 15.4.